The molecule has 0 atom stereocenters. The van der Waals surface area contributed by atoms with Crippen molar-refractivity contribution in [3.63, 3.8) is 0 Å². The summed E-state index contributed by atoms with van der Waals surface area (Å²) in [5, 5.41) is 0.604. The van der Waals surface area contributed by atoms with Crippen molar-refractivity contribution in [1.82, 2.24) is 4.98 Å². The van der Waals surface area contributed by atoms with Crippen LogP contribution in [0.1, 0.15) is 10.4 Å². The molecule has 1 heterocycles. The molecule has 0 amide bonds. The number of aromatic nitrogens is 1. The van der Waals surface area contributed by atoms with E-state index in [-0.39, 0.29) is 25.1 Å². The maximum Gasteiger partial charge on any atom is 0.151 e. The maximum absolute atomic E-state index is 10.8. The van der Waals surface area contributed by atoms with Crippen LogP contribution in [0.5, 0.6) is 0 Å². The van der Waals surface area contributed by atoms with Crippen molar-refractivity contribution in [1.29, 1.82) is 0 Å². The van der Waals surface area contributed by atoms with Gasteiger partial charge in [-0.1, -0.05) is 58.0 Å². The second-order valence-corrected chi connectivity index (χ2v) is 5.46. The largest absolute Gasteiger partial charge is 0.298 e. The SMILES string of the molecule is O=Cc1cncc(-c2c(Cl)c(Cl)c(Cl)c(Cl)c2Cl)c1. The molecule has 0 aliphatic rings. The van der Waals surface area contributed by atoms with E-state index in [1.807, 2.05) is 0 Å². The zero-order valence-electron chi connectivity index (χ0n) is 9.05. The molecule has 0 aliphatic carbocycles. The minimum Gasteiger partial charge on any atom is -0.298 e. The summed E-state index contributed by atoms with van der Waals surface area (Å²) in [6.45, 7) is 0. The summed E-state index contributed by atoms with van der Waals surface area (Å²) < 4.78 is 0. The quantitative estimate of drug-likeness (QED) is 0.385. The number of halogens is 5. The van der Waals surface area contributed by atoms with Crippen LogP contribution in [-0.4, -0.2) is 11.3 Å². The second-order valence-electron chi connectivity index (χ2n) is 3.57. The van der Waals surface area contributed by atoms with Crippen LogP contribution in [0.4, 0.5) is 0 Å². The van der Waals surface area contributed by atoms with Crippen molar-refractivity contribution in [2.75, 3.05) is 0 Å². The van der Waals surface area contributed by atoms with Crippen LogP contribution >= 0.6 is 58.0 Å². The highest BCUT2D eigenvalue weighted by molar-refractivity contribution is 6.56. The number of hydrogen-bond acceptors (Lipinski definition) is 2. The molecule has 0 spiro atoms. The third kappa shape index (κ3) is 2.69. The number of carbonyl (C=O) groups excluding carboxylic acids is 1. The van der Waals surface area contributed by atoms with Gasteiger partial charge < -0.3 is 0 Å². The first kappa shape index (κ1) is 14.9. The summed E-state index contributed by atoms with van der Waals surface area (Å²) in [4.78, 5) is 14.7. The third-order valence-corrected chi connectivity index (χ3v) is 4.67. The molecule has 7 heteroatoms. The molecule has 2 rings (SSSR count). The molecular formula is C12H4Cl5NO. The average Bonchev–Trinajstić information content (AvgIpc) is 2.43. The minimum absolute atomic E-state index is 0.0848. The van der Waals surface area contributed by atoms with Crippen LogP contribution < -0.4 is 0 Å². The van der Waals surface area contributed by atoms with Gasteiger partial charge >= 0.3 is 0 Å². The highest BCUT2D eigenvalue weighted by Crippen LogP contribution is 2.48. The molecular weight excluding hydrogens is 351 g/mol. The summed E-state index contributed by atoms with van der Waals surface area (Å²) in [5.74, 6) is 0. The van der Waals surface area contributed by atoms with Gasteiger partial charge in [0.1, 0.15) is 0 Å². The Kier molecular flexibility index (Phi) is 4.59. The molecule has 0 N–H and O–H groups in total. The lowest BCUT2D eigenvalue weighted by Crippen LogP contribution is -1.90. The molecule has 19 heavy (non-hydrogen) atoms. The number of pyridine rings is 1. The van der Waals surface area contributed by atoms with Crippen LogP contribution in [0, 0.1) is 0 Å². The summed E-state index contributed by atoms with van der Waals surface area (Å²) in [7, 11) is 0. The Labute approximate surface area is 134 Å². The summed E-state index contributed by atoms with van der Waals surface area (Å²) in [6.07, 6.45) is 3.58. The Morgan fingerprint density at radius 1 is 0.842 bits per heavy atom. The fourth-order valence-electron chi connectivity index (χ4n) is 1.52. The molecule has 0 unspecified atom stereocenters. The molecule has 1 aromatic carbocycles. The second kappa shape index (κ2) is 5.86. The predicted octanol–water partition coefficient (Wildman–Crippen LogP) is 5.83. The Balaban J connectivity index is 2.78. The average molecular weight is 355 g/mol. The Morgan fingerprint density at radius 3 is 1.89 bits per heavy atom. The Bertz CT molecular complexity index is 642. The van der Waals surface area contributed by atoms with Gasteiger partial charge in [0.15, 0.2) is 6.29 Å². The minimum atomic E-state index is 0.0848. The molecule has 0 saturated carbocycles. The van der Waals surface area contributed by atoms with Crippen LogP contribution in [0.15, 0.2) is 18.5 Å². The van der Waals surface area contributed by atoms with Crippen LogP contribution in [0.2, 0.25) is 25.1 Å². The van der Waals surface area contributed by atoms with Crippen molar-refractivity contribution < 1.29 is 4.79 Å². The third-order valence-electron chi connectivity index (χ3n) is 2.39. The smallest absolute Gasteiger partial charge is 0.151 e. The van der Waals surface area contributed by atoms with Gasteiger partial charge in [-0.25, -0.2) is 0 Å². The van der Waals surface area contributed by atoms with Crippen LogP contribution in [0.25, 0.3) is 11.1 Å². The fourth-order valence-corrected chi connectivity index (χ4v) is 2.87. The maximum atomic E-state index is 10.8. The molecule has 2 aromatic rings. The molecule has 0 bridgehead atoms. The zero-order valence-corrected chi connectivity index (χ0v) is 12.8. The Morgan fingerprint density at radius 2 is 1.37 bits per heavy atom. The lowest BCUT2D eigenvalue weighted by molar-refractivity contribution is 0.112. The standard InChI is InChI=1S/C12H4Cl5NO/c13-8-7(6-1-5(4-19)2-18-3-6)9(14)11(16)12(17)10(8)15/h1-4H. The van der Waals surface area contributed by atoms with Crippen molar-refractivity contribution in [3.8, 4) is 11.1 Å². The number of aldehydes is 1. The van der Waals surface area contributed by atoms with Gasteiger partial charge in [-0.15, -0.1) is 0 Å². The van der Waals surface area contributed by atoms with Crippen molar-refractivity contribution in [2.45, 2.75) is 0 Å². The van der Waals surface area contributed by atoms with E-state index in [1.54, 1.807) is 6.07 Å². The first-order valence-corrected chi connectivity index (χ1v) is 6.78. The first-order valence-electron chi connectivity index (χ1n) is 4.89. The topological polar surface area (TPSA) is 30.0 Å². The molecule has 2 nitrogen and oxygen atoms in total. The van der Waals surface area contributed by atoms with Crippen molar-refractivity contribution >= 4 is 64.3 Å². The van der Waals surface area contributed by atoms with E-state index in [0.29, 0.717) is 23.0 Å². The molecule has 0 radical (unpaired) electrons. The highest BCUT2D eigenvalue weighted by atomic mass is 35.5. The number of nitrogens with zero attached hydrogens (tertiary/aromatic N) is 1. The van der Waals surface area contributed by atoms with Gasteiger partial charge in [0.25, 0.3) is 0 Å². The summed E-state index contributed by atoms with van der Waals surface area (Å²) >= 11 is 30.1. The van der Waals surface area contributed by atoms with Gasteiger partial charge in [0, 0.05) is 29.1 Å². The molecule has 1 aromatic heterocycles. The Hall–Kier alpha value is -0.510. The number of hydrogen-bond donors (Lipinski definition) is 0. The van der Waals surface area contributed by atoms with Crippen LogP contribution in [-0.2, 0) is 0 Å². The van der Waals surface area contributed by atoms with E-state index < -0.39 is 0 Å². The molecule has 98 valence electrons. The van der Waals surface area contributed by atoms with Gasteiger partial charge in [-0.05, 0) is 6.07 Å². The van der Waals surface area contributed by atoms with Gasteiger partial charge in [0.05, 0.1) is 25.1 Å². The van der Waals surface area contributed by atoms with Crippen LogP contribution in [0.3, 0.4) is 0 Å². The van der Waals surface area contributed by atoms with E-state index >= 15 is 0 Å². The van der Waals surface area contributed by atoms with Gasteiger partial charge in [-0.2, -0.15) is 0 Å². The molecule has 0 aliphatic heterocycles. The number of carbonyl (C=O) groups is 1. The van der Waals surface area contributed by atoms with Crippen molar-refractivity contribution in [3.05, 3.63) is 49.1 Å². The normalized spacial score (nSPS) is 10.6. The predicted molar refractivity (Wildman–Crippen MR) is 80.1 cm³/mol. The number of rotatable bonds is 2. The van der Waals surface area contributed by atoms with E-state index in [4.69, 9.17) is 58.0 Å². The van der Waals surface area contributed by atoms with Gasteiger partial charge in [0.2, 0.25) is 0 Å². The highest BCUT2D eigenvalue weighted by Gasteiger charge is 2.20. The van der Waals surface area contributed by atoms with E-state index in [2.05, 4.69) is 4.98 Å². The zero-order chi connectivity index (χ0) is 14.2. The fraction of sp³-hybridized carbons (Fsp3) is 0. The lowest BCUT2D eigenvalue weighted by Gasteiger charge is -2.12. The molecule has 0 saturated heterocycles. The van der Waals surface area contributed by atoms with E-state index in [0.717, 1.165) is 0 Å². The van der Waals surface area contributed by atoms with E-state index in [1.165, 1.54) is 12.4 Å². The monoisotopic (exact) mass is 353 g/mol. The van der Waals surface area contributed by atoms with Gasteiger partial charge in [-0.3, -0.25) is 9.78 Å². The summed E-state index contributed by atoms with van der Waals surface area (Å²) in [6, 6.07) is 1.58. The number of benzene rings is 1. The summed E-state index contributed by atoms with van der Waals surface area (Å²) in [5.41, 5.74) is 1.30. The van der Waals surface area contributed by atoms with Crippen molar-refractivity contribution in [2.24, 2.45) is 0 Å². The first-order chi connectivity index (χ1) is 8.97. The lowest BCUT2D eigenvalue weighted by atomic mass is 10.1. The molecule has 0 fully saturated rings. The van der Waals surface area contributed by atoms with E-state index in [9.17, 15) is 4.79 Å².